The number of hydrogen-bond donors (Lipinski definition) is 2. The number of carbonyl (C=O) groups is 2. The number of rotatable bonds is 7. The summed E-state index contributed by atoms with van der Waals surface area (Å²) in [7, 11) is 0. The number of nitrogens with zero attached hydrogens (tertiary/aromatic N) is 1. The lowest BCUT2D eigenvalue weighted by Gasteiger charge is -2.54. The van der Waals surface area contributed by atoms with Crippen molar-refractivity contribution in [3.63, 3.8) is 0 Å². The van der Waals surface area contributed by atoms with Crippen LogP contribution in [0.4, 0.5) is 10.5 Å². The molecule has 2 N–H and O–H groups in total. The van der Waals surface area contributed by atoms with Crippen molar-refractivity contribution in [3.05, 3.63) is 89.0 Å². The van der Waals surface area contributed by atoms with Crippen molar-refractivity contribution in [2.75, 3.05) is 18.5 Å². The fourth-order valence-electron chi connectivity index (χ4n) is 5.48. The second-order valence-corrected chi connectivity index (χ2v) is 9.86. The number of hydrogen-bond acceptors (Lipinski definition) is 4. The Bertz CT molecular complexity index is 1330. The average Bonchev–Trinajstić information content (AvgIpc) is 2.86. The standard InChI is InChI=1S/C30H33N3O4/c1-5-36-24-13-9-12-22-26-25(28(34)31-23-15-14-19(2)18-20(23)3)30(4,37-27(22)24)33(29(35)32-26)17-16-21-10-7-6-8-11-21/h6-15,18,25-26H,5,16-17H2,1-4H3,(H,31,34)(H,32,35)/t25-,26+,30+/m1/s1. The van der Waals surface area contributed by atoms with Gasteiger partial charge in [0.15, 0.2) is 17.2 Å². The Balaban J connectivity index is 1.55. The Morgan fingerprint density at radius 1 is 1.11 bits per heavy atom. The molecule has 2 heterocycles. The van der Waals surface area contributed by atoms with E-state index in [9.17, 15) is 9.59 Å². The normalized spacial score (nSPS) is 21.9. The van der Waals surface area contributed by atoms with Crippen LogP contribution in [0.25, 0.3) is 0 Å². The fourth-order valence-corrected chi connectivity index (χ4v) is 5.48. The molecule has 1 fully saturated rings. The van der Waals surface area contributed by atoms with Gasteiger partial charge in [0.25, 0.3) is 0 Å². The van der Waals surface area contributed by atoms with Crippen LogP contribution < -0.4 is 20.1 Å². The molecule has 37 heavy (non-hydrogen) atoms. The van der Waals surface area contributed by atoms with E-state index in [1.807, 2.05) is 94.4 Å². The molecule has 0 spiro atoms. The summed E-state index contributed by atoms with van der Waals surface area (Å²) in [5.41, 5.74) is 3.45. The molecule has 3 atom stereocenters. The number of amides is 3. The van der Waals surface area contributed by atoms with E-state index in [2.05, 4.69) is 10.6 Å². The summed E-state index contributed by atoms with van der Waals surface area (Å²) in [6.45, 7) is 8.60. The van der Waals surface area contributed by atoms with E-state index in [1.165, 1.54) is 0 Å². The average molecular weight is 500 g/mol. The maximum absolute atomic E-state index is 14.0. The molecule has 192 valence electrons. The predicted molar refractivity (Wildman–Crippen MR) is 143 cm³/mol. The van der Waals surface area contributed by atoms with Crippen molar-refractivity contribution in [2.24, 2.45) is 5.92 Å². The molecule has 3 amide bonds. The number of fused-ring (bicyclic) bond motifs is 4. The van der Waals surface area contributed by atoms with Gasteiger partial charge < -0.3 is 20.1 Å². The number of aryl methyl sites for hydroxylation is 2. The summed E-state index contributed by atoms with van der Waals surface area (Å²) in [6, 6.07) is 20.7. The zero-order chi connectivity index (χ0) is 26.2. The SMILES string of the molecule is CCOc1cccc2c1O[C@@]1(C)[C@@H](C(=O)Nc3ccc(C)cc3C)[C@H]2NC(=O)N1CCc1ccccc1. The second kappa shape index (κ2) is 9.81. The molecule has 7 heteroatoms. The van der Waals surface area contributed by atoms with Crippen molar-refractivity contribution in [2.45, 2.75) is 45.9 Å². The van der Waals surface area contributed by atoms with Gasteiger partial charge in [-0.1, -0.05) is 60.2 Å². The lowest BCUT2D eigenvalue weighted by Crippen LogP contribution is -2.72. The Morgan fingerprint density at radius 3 is 2.62 bits per heavy atom. The molecule has 0 saturated carbocycles. The molecule has 3 aromatic carbocycles. The van der Waals surface area contributed by atoms with Crippen molar-refractivity contribution in [3.8, 4) is 11.5 Å². The second-order valence-electron chi connectivity index (χ2n) is 9.86. The van der Waals surface area contributed by atoms with Gasteiger partial charge in [0.1, 0.15) is 5.92 Å². The topological polar surface area (TPSA) is 79.9 Å². The zero-order valence-electron chi connectivity index (χ0n) is 21.7. The van der Waals surface area contributed by atoms with Crippen LogP contribution in [0.3, 0.4) is 0 Å². The van der Waals surface area contributed by atoms with Crippen LogP contribution in [-0.2, 0) is 11.2 Å². The molecule has 1 saturated heterocycles. The van der Waals surface area contributed by atoms with Crippen LogP contribution in [0.5, 0.6) is 11.5 Å². The molecule has 0 aliphatic carbocycles. The monoisotopic (exact) mass is 499 g/mol. The molecule has 2 bridgehead atoms. The third kappa shape index (κ3) is 4.50. The van der Waals surface area contributed by atoms with Crippen LogP contribution in [0.15, 0.2) is 66.7 Å². The summed E-state index contributed by atoms with van der Waals surface area (Å²) < 4.78 is 12.5. The molecular weight excluding hydrogens is 466 g/mol. The smallest absolute Gasteiger partial charge is 0.321 e. The number of benzene rings is 3. The number of para-hydroxylation sites is 1. The van der Waals surface area contributed by atoms with E-state index in [1.54, 1.807) is 4.90 Å². The van der Waals surface area contributed by atoms with Crippen molar-refractivity contribution < 1.29 is 19.1 Å². The molecule has 3 aromatic rings. The minimum absolute atomic E-state index is 0.211. The quantitative estimate of drug-likeness (QED) is 0.458. The summed E-state index contributed by atoms with van der Waals surface area (Å²) in [6.07, 6.45) is 0.628. The summed E-state index contributed by atoms with van der Waals surface area (Å²) in [4.78, 5) is 29.1. The highest BCUT2D eigenvalue weighted by Gasteiger charge is 2.60. The number of ether oxygens (including phenoxy) is 2. The van der Waals surface area contributed by atoms with E-state index in [4.69, 9.17) is 9.47 Å². The van der Waals surface area contributed by atoms with E-state index in [0.29, 0.717) is 31.1 Å². The van der Waals surface area contributed by atoms with Gasteiger partial charge in [-0.2, -0.15) is 0 Å². The molecule has 5 rings (SSSR count). The first-order valence-electron chi connectivity index (χ1n) is 12.8. The number of nitrogens with one attached hydrogen (secondary N) is 2. The molecule has 0 radical (unpaired) electrons. The third-order valence-corrected chi connectivity index (χ3v) is 7.31. The molecule has 0 aromatic heterocycles. The lowest BCUT2D eigenvalue weighted by molar-refractivity contribution is -0.154. The Kier molecular flexibility index (Phi) is 6.54. The summed E-state index contributed by atoms with van der Waals surface area (Å²) in [5.74, 6) is 0.253. The lowest BCUT2D eigenvalue weighted by atomic mass is 9.78. The van der Waals surface area contributed by atoms with Crippen LogP contribution in [0.1, 0.15) is 42.1 Å². The third-order valence-electron chi connectivity index (χ3n) is 7.31. The van der Waals surface area contributed by atoms with Crippen LogP contribution in [0.2, 0.25) is 0 Å². The fraction of sp³-hybridized carbons (Fsp3) is 0.333. The minimum atomic E-state index is -1.23. The molecule has 2 aliphatic heterocycles. The van der Waals surface area contributed by atoms with Crippen molar-refractivity contribution in [1.29, 1.82) is 0 Å². The first kappa shape index (κ1) is 24.7. The molecule has 7 nitrogen and oxygen atoms in total. The molecule has 0 unspecified atom stereocenters. The number of carbonyl (C=O) groups excluding carboxylic acids is 2. The van der Waals surface area contributed by atoms with Crippen LogP contribution in [-0.4, -0.2) is 35.7 Å². The van der Waals surface area contributed by atoms with Crippen LogP contribution >= 0.6 is 0 Å². The van der Waals surface area contributed by atoms with Gasteiger partial charge in [0.05, 0.1) is 12.6 Å². The van der Waals surface area contributed by atoms with E-state index >= 15 is 0 Å². The number of anilines is 1. The minimum Gasteiger partial charge on any atom is -0.490 e. The Morgan fingerprint density at radius 2 is 1.89 bits per heavy atom. The highest BCUT2D eigenvalue weighted by Crippen LogP contribution is 2.51. The Labute approximate surface area is 217 Å². The highest BCUT2D eigenvalue weighted by molar-refractivity contribution is 5.96. The van der Waals surface area contributed by atoms with Gasteiger partial charge in [0.2, 0.25) is 5.91 Å². The van der Waals surface area contributed by atoms with E-state index in [0.717, 1.165) is 27.9 Å². The van der Waals surface area contributed by atoms with E-state index < -0.39 is 17.7 Å². The van der Waals surface area contributed by atoms with Crippen molar-refractivity contribution >= 4 is 17.6 Å². The largest absolute Gasteiger partial charge is 0.490 e. The van der Waals surface area contributed by atoms with Gasteiger partial charge >= 0.3 is 6.03 Å². The van der Waals surface area contributed by atoms with Gasteiger partial charge in [-0.15, -0.1) is 0 Å². The first-order valence-corrected chi connectivity index (χ1v) is 12.8. The van der Waals surface area contributed by atoms with E-state index in [-0.39, 0.29) is 11.9 Å². The first-order chi connectivity index (χ1) is 17.8. The highest BCUT2D eigenvalue weighted by atomic mass is 16.5. The predicted octanol–water partition coefficient (Wildman–Crippen LogP) is 5.37. The Hall–Kier alpha value is -4.00. The molecular formula is C30H33N3O4. The number of urea groups is 1. The maximum Gasteiger partial charge on any atom is 0.321 e. The van der Waals surface area contributed by atoms with Crippen molar-refractivity contribution in [1.82, 2.24) is 10.2 Å². The summed E-state index contributed by atoms with van der Waals surface area (Å²) in [5, 5.41) is 6.23. The zero-order valence-corrected chi connectivity index (χ0v) is 21.7. The van der Waals surface area contributed by atoms with Crippen LogP contribution in [0, 0.1) is 19.8 Å². The van der Waals surface area contributed by atoms with Gasteiger partial charge in [-0.25, -0.2) is 4.79 Å². The maximum atomic E-state index is 14.0. The molecule has 2 aliphatic rings. The van der Waals surface area contributed by atoms with Gasteiger partial charge in [-0.05, 0) is 57.4 Å². The van der Waals surface area contributed by atoms with Gasteiger partial charge in [-0.3, -0.25) is 9.69 Å². The van der Waals surface area contributed by atoms with Gasteiger partial charge in [0, 0.05) is 17.8 Å². The summed E-state index contributed by atoms with van der Waals surface area (Å²) >= 11 is 0.